The van der Waals surface area contributed by atoms with Crippen molar-refractivity contribution in [1.29, 1.82) is 0 Å². The fourth-order valence-corrected chi connectivity index (χ4v) is 17.8. The van der Waals surface area contributed by atoms with Crippen LogP contribution in [0.15, 0.2) is 81.7 Å². The van der Waals surface area contributed by atoms with Gasteiger partial charge in [-0.05, 0) is 0 Å². The van der Waals surface area contributed by atoms with Crippen molar-refractivity contribution in [1.82, 2.24) is 0 Å². The maximum atomic E-state index is 2.67. The summed E-state index contributed by atoms with van der Waals surface area (Å²) in [7, 11) is 0. The van der Waals surface area contributed by atoms with Gasteiger partial charge in [0.1, 0.15) is 0 Å². The standard InChI is InChI=1S/C25H25.C10H15.C9H10.2ClH.Zr/c1-14-12-24(3,4)22-8-16-7-17-9-23-19(15(2)13-25(23,5)6)11-21(17)20(16)10-18(14)22;1-8-5-6-9(7-8)10(2,3)4;1-3-9-6-4-8(2)5-7-9;;;/h7-13H,1-6H3;6-8H,1-4H3;4-7H,1-2H3;2*1H;/q;;;;;+2/p-2. The maximum Gasteiger partial charge on any atom is -1.00 e. The minimum Gasteiger partial charge on any atom is -1.00 e. The number of fused-ring (bicyclic) bond motifs is 5. The van der Waals surface area contributed by atoms with Crippen molar-refractivity contribution >= 4 is 14.4 Å². The molecule has 244 valence electrons. The Morgan fingerprint density at radius 1 is 0.702 bits per heavy atom. The topological polar surface area (TPSA) is 0 Å². The molecule has 0 bridgehead atoms. The van der Waals surface area contributed by atoms with Gasteiger partial charge in [0.2, 0.25) is 0 Å². The summed E-state index contributed by atoms with van der Waals surface area (Å²) >= 11 is -2.65. The second-order valence-corrected chi connectivity index (χ2v) is 23.4. The van der Waals surface area contributed by atoms with Crippen LogP contribution in [-0.2, 0) is 32.1 Å². The molecule has 1 atom stereocenters. The van der Waals surface area contributed by atoms with Gasteiger partial charge in [-0.3, -0.25) is 0 Å². The van der Waals surface area contributed by atoms with Crippen LogP contribution in [0, 0.1) is 18.3 Å². The van der Waals surface area contributed by atoms with Gasteiger partial charge in [-0.1, -0.05) is 0 Å². The largest absolute Gasteiger partial charge is 1.00 e. The first-order valence-corrected chi connectivity index (χ1v) is 20.8. The first-order valence-electron chi connectivity index (χ1n) is 17.0. The fourth-order valence-electron chi connectivity index (χ4n) is 8.82. The van der Waals surface area contributed by atoms with Crippen LogP contribution in [-0.4, -0.2) is 3.21 Å². The molecule has 3 aromatic carbocycles. The smallest absolute Gasteiger partial charge is 1.00 e. The average molecular weight is 741 g/mol. The molecule has 3 heteroatoms. The molecule has 47 heavy (non-hydrogen) atoms. The minimum absolute atomic E-state index is 0. The second-order valence-electron chi connectivity index (χ2n) is 16.7. The Hall–Kier alpha value is -2.05. The third-order valence-electron chi connectivity index (χ3n) is 11.3. The van der Waals surface area contributed by atoms with Gasteiger partial charge in [0, 0.05) is 0 Å². The van der Waals surface area contributed by atoms with Gasteiger partial charge in [0.15, 0.2) is 0 Å². The third-order valence-corrected chi connectivity index (χ3v) is 19.9. The summed E-state index contributed by atoms with van der Waals surface area (Å²) in [4.78, 5) is 0. The molecule has 0 amide bonds. The van der Waals surface area contributed by atoms with Crippen LogP contribution in [0.2, 0.25) is 0 Å². The van der Waals surface area contributed by atoms with Gasteiger partial charge in [-0.25, -0.2) is 0 Å². The van der Waals surface area contributed by atoms with E-state index in [2.05, 4.69) is 156 Å². The summed E-state index contributed by atoms with van der Waals surface area (Å²) in [5.41, 5.74) is 19.5. The van der Waals surface area contributed by atoms with Crippen molar-refractivity contribution in [3.05, 3.63) is 126 Å². The number of aryl methyl sites for hydroxylation is 1. The molecule has 0 saturated heterocycles. The normalized spacial score (nSPS) is 20.1. The number of hydrogen-bond acceptors (Lipinski definition) is 0. The maximum absolute atomic E-state index is 2.67. The zero-order chi connectivity index (χ0) is 32.4. The van der Waals surface area contributed by atoms with E-state index >= 15 is 0 Å². The van der Waals surface area contributed by atoms with E-state index in [1.165, 1.54) is 61.2 Å². The van der Waals surface area contributed by atoms with Crippen LogP contribution in [0.25, 0.3) is 22.3 Å². The monoisotopic (exact) mass is 738 g/mol. The van der Waals surface area contributed by atoms with Crippen LogP contribution in [0.3, 0.4) is 0 Å². The van der Waals surface area contributed by atoms with Gasteiger partial charge in [0.25, 0.3) is 0 Å². The quantitative estimate of drug-likeness (QED) is 0.318. The Labute approximate surface area is 304 Å². The molecule has 0 N–H and O–H groups in total. The van der Waals surface area contributed by atoms with Crippen molar-refractivity contribution in [2.24, 2.45) is 11.3 Å². The minimum atomic E-state index is -2.65. The Morgan fingerprint density at radius 2 is 1.17 bits per heavy atom. The summed E-state index contributed by atoms with van der Waals surface area (Å²) in [5, 5.41) is 0. The first kappa shape index (κ1) is 36.2. The summed E-state index contributed by atoms with van der Waals surface area (Å²) in [5.74, 6) is 0.478. The number of benzene rings is 3. The fraction of sp³-hybridized carbons (Fsp3) is 0.386. The van der Waals surface area contributed by atoms with Crippen molar-refractivity contribution in [2.45, 2.75) is 97.5 Å². The molecule has 0 aromatic heterocycles. The Morgan fingerprint density at radius 3 is 1.60 bits per heavy atom. The Balaban J connectivity index is 0.00000217. The van der Waals surface area contributed by atoms with Crippen molar-refractivity contribution < 1.29 is 46.1 Å². The van der Waals surface area contributed by atoms with E-state index in [0.29, 0.717) is 9.54 Å². The summed E-state index contributed by atoms with van der Waals surface area (Å²) in [6.45, 7) is 28.6. The molecule has 0 nitrogen and oxygen atoms in total. The first-order chi connectivity index (χ1) is 21.0. The van der Waals surface area contributed by atoms with Crippen molar-refractivity contribution in [2.75, 3.05) is 0 Å². The van der Waals surface area contributed by atoms with E-state index in [1.54, 1.807) is 17.6 Å². The molecule has 4 aliphatic rings. The van der Waals surface area contributed by atoms with Crippen LogP contribution >= 0.6 is 0 Å². The molecule has 0 heterocycles. The van der Waals surface area contributed by atoms with Crippen LogP contribution < -0.4 is 24.8 Å². The molecular weight excluding hydrogens is 691 g/mol. The summed E-state index contributed by atoms with van der Waals surface area (Å²) in [6.07, 6.45) is 10.2. The molecule has 4 aliphatic carbocycles. The zero-order valence-corrected chi connectivity index (χ0v) is 34.3. The third kappa shape index (κ3) is 5.75. The Kier molecular flexibility index (Phi) is 9.31. The molecule has 0 fully saturated rings. The van der Waals surface area contributed by atoms with Gasteiger partial charge in [0.05, 0.1) is 0 Å². The van der Waals surface area contributed by atoms with Crippen LogP contribution in [0.4, 0.5) is 0 Å². The van der Waals surface area contributed by atoms with Crippen molar-refractivity contribution in [3.8, 4) is 11.1 Å². The summed E-state index contributed by atoms with van der Waals surface area (Å²) < 4.78 is 3.88. The number of halogens is 2. The number of allylic oxidation sites excluding steroid dienone is 8. The van der Waals surface area contributed by atoms with E-state index in [1.807, 2.05) is 0 Å². The van der Waals surface area contributed by atoms with Gasteiger partial charge in [-0.15, -0.1) is 0 Å². The van der Waals surface area contributed by atoms with Gasteiger partial charge >= 0.3 is 282 Å². The van der Waals surface area contributed by atoms with E-state index in [4.69, 9.17) is 0 Å². The van der Waals surface area contributed by atoms with Gasteiger partial charge in [-0.2, -0.15) is 0 Å². The van der Waals surface area contributed by atoms with E-state index in [-0.39, 0.29) is 41.1 Å². The van der Waals surface area contributed by atoms with E-state index < -0.39 is 21.3 Å². The molecule has 0 aliphatic heterocycles. The zero-order valence-electron chi connectivity index (χ0n) is 30.3. The predicted molar refractivity (Wildman–Crippen MR) is 193 cm³/mol. The predicted octanol–water partition coefficient (Wildman–Crippen LogP) is 5.83. The molecule has 0 saturated carbocycles. The van der Waals surface area contributed by atoms with E-state index in [0.717, 1.165) is 0 Å². The summed E-state index contributed by atoms with van der Waals surface area (Å²) in [6, 6.07) is 19.9. The molecule has 0 spiro atoms. The van der Waals surface area contributed by atoms with Crippen molar-refractivity contribution in [3.63, 3.8) is 0 Å². The molecule has 3 aromatic rings. The molecular formula is C44H50Cl2Zr. The number of hydrogen-bond donors (Lipinski definition) is 0. The number of rotatable bonds is 3. The SMILES string of the molecule is CC1=CC(C)(C)c2cc3c(cc21)-c1cc2c(cc1[CH]3/[Zr+2]([C]1=CC(C(C)(C)C)=CC1C)=[C](\C)c1ccc(C)cc1)C(C)(C)C=C2C.[Cl-].[Cl-]. The Bertz CT molecular complexity index is 1880. The average Bonchev–Trinajstić information content (AvgIpc) is 3.62. The molecule has 0 radical (unpaired) electrons. The van der Waals surface area contributed by atoms with Crippen LogP contribution in [0.1, 0.15) is 124 Å². The van der Waals surface area contributed by atoms with E-state index in [9.17, 15) is 0 Å². The molecule has 7 rings (SSSR count). The van der Waals surface area contributed by atoms with Crippen LogP contribution in [0.5, 0.6) is 0 Å². The van der Waals surface area contributed by atoms with Gasteiger partial charge < -0.3 is 24.8 Å². The second kappa shape index (κ2) is 12.1. The molecule has 1 unspecified atom stereocenters.